The van der Waals surface area contributed by atoms with E-state index >= 15 is 0 Å². The highest BCUT2D eigenvalue weighted by Gasteiger charge is 2.38. The van der Waals surface area contributed by atoms with Crippen molar-refractivity contribution in [2.75, 3.05) is 13.2 Å². The van der Waals surface area contributed by atoms with Gasteiger partial charge in [0.25, 0.3) is 0 Å². The Morgan fingerprint density at radius 1 is 1.38 bits per heavy atom. The van der Waals surface area contributed by atoms with Crippen LogP contribution in [-0.4, -0.2) is 47.7 Å². The minimum Gasteiger partial charge on any atom is -0.463 e. The maximum Gasteiger partial charge on any atom is 0.306 e. The summed E-state index contributed by atoms with van der Waals surface area (Å²) < 4.78 is 5.39. The minimum absolute atomic E-state index is 0.0659. The van der Waals surface area contributed by atoms with Crippen LogP contribution in [0.1, 0.15) is 58.3 Å². The Hall–Kier alpha value is -1.89. The van der Waals surface area contributed by atoms with Crippen LogP contribution in [0.2, 0.25) is 0 Å². The zero-order valence-corrected chi connectivity index (χ0v) is 15.5. The molecule has 2 amide bonds. The molecule has 7 heteroatoms. The van der Waals surface area contributed by atoms with E-state index in [0.717, 1.165) is 25.7 Å². The third-order valence-electron chi connectivity index (χ3n) is 5.04. The van der Waals surface area contributed by atoms with Crippen molar-refractivity contribution in [1.29, 1.82) is 0 Å². The summed E-state index contributed by atoms with van der Waals surface area (Å²) >= 11 is 0. The number of rotatable bonds is 4. The third kappa shape index (κ3) is 6.12. The molecule has 3 N–H and O–H groups in total. The Morgan fingerprint density at radius 2 is 2.12 bits per heavy atom. The van der Waals surface area contributed by atoms with Crippen molar-refractivity contribution >= 4 is 17.8 Å². The molecule has 1 heterocycles. The molecule has 7 nitrogen and oxygen atoms in total. The molecular weight excluding hydrogens is 336 g/mol. The standard InChI is InChI=1S/C19H30N2O5/c1-14(12-22)20-16(23)11-15-7-3-2-4-8-17(24)26-13-19(21-18(15)25)9-5-6-10-19/h2-3,14-15,22H,4-13H2,1H3,(H,20,23)(H,21,25). The van der Waals surface area contributed by atoms with Crippen molar-refractivity contribution < 1.29 is 24.2 Å². The van der Waals surface area contributed by atoms with Crippen LogP contribution in [0, 0.1) is 5.92 Å². The Kier molecular flexibility index (Phi) is 7.63. The molecule has 1 fully saturated rings. The second-order valence-corrected chi connectivity index (χ2v) is 7.44. The van der Waals surface area contributed by atoms with Gasteiger partial charge in [-0.1, -0.05) is 25.0 Å². The van der Waals surface area contributed by atoms with Gasteiger partial charge in [0.2, 0.25) is 11.8 Å². The molecule has 2 aliphatic rings. The van der Waals surface area contributed by atoms with Crippen molar-refractivity contribution in [1.82, 2.24) is 10.6 Å². The Labute approximate surface area is 154 Å². The number of allylic oxidation sites excluding steroid dienone is 2. The average Bonchev–Trinajstić information content (AvgIpc) is 3.06. The van der Waals surface area contributed by atoms with Crippen molar-refractivity contribution in [2.24, 2.45) is 5.92 Å². The zero-order chi connectivity index (χ0) is 19.0. The number of aliphatic hydroxyl groups excluding tert-OH is 1. The van der Waals surface area contributed by atoms with Gasteiger partial charge in [-0.3, -0.25) is 14.4 Å². The van der Waals surface area contributed by atoms with Gasteiger partial charge in [-0.05, 0) is 32.6 Å². The SMILES string of the molecule is CC(CO)NC(=O)CC1CC=CCCC(=O)OCC2(CCCC2)NC1=O. The molecule has 0 radical (unpaired) electrons. The number of amides is 2. The topological polar surface area (TPSA) is 105 Å². The quantitative estimate of drug-likeness (QED) is 0.512. The van der Waals surface area contributed by atoms with Crippen LogP contribution in [0.3, 0.4) is 0 Å². The van der Waals surface area contributed by atoms with E-state index in [2.05, 4.69) is 10.6 Å². The van der Waals surface area contributed by atoms with Gasteiger partial charge < -0.3 is 20.5 Å². The largest absolute Gasteiger partial charge is 0.463 e. The number of hydrogen-bond acceptors (Lipinski definition) is 5. The second kappa shape index (κ2) is 9.71. The van der Waals surface area contributed by atoms with Crippen LogP contribution in [0.15, 0.2) is 12.2 Å². The summed E-state index contributed by atoms with van der Waals surface area (Å²) in [5.74, 6) is -1.16. The van der Waals surface area contributed by atoms with Crippen LogP contribution >= 0.6 is 0 Å². The smallest absolute Gasteiger partial charge is 0.306 e. The first-order chi connectivity index (χ1) is 12.4. The summed E-state index contributed by atoms with van der Waals surface area (Å²) in [4.78, 5) is 36.8. The third-order valence-corrected chi connectivity index (χ3v) is 5.04. The van der Waals surface area contributed by atoms with Crippen molar-refractivity contribution in [3.05, 3.63) is 12.2 Å². The van der Waals surface area contributed by atoms with Gasteiger partial charge in [-0.15, -0.1) is 0 Å². The van der Waals surface area contributed by atoms with Gasteiger partial charge in [-0.25, -0.2) is 0 Å². The number of cyclic esters (lactones) is 1. The molecule has 0 aromatic heterocycles. The highest BCUT2D eigenvalue weighted by molar-refractivity contribution is 5.86. The molecule has 2 atom stereocenters. The lowest BCUT2D eigenvalue weighted by Crippen LogP contribution is -2.52. The van der Waals surface area contributed by atoms with Crippen molar-refractivity contribution in [2.45, 2.75) is 69.9 Å². The first kappa shape index (κ1) is 20.4. The summed E-state index contributed by atoms with van der Waals surface area (Å²) in [6, 6.07) is -0.340. The lowest BCUT2D eigenvalue weighted by molar-refractivity contribution is -0.147. The molecular formula is C19H30N2O5. The molecule has 1 aliphatic carbocycles. The average molecular weight is 366 g/mol. The fourth-order valence-electron chi connectivity index (χ4n) is 3.48. The molecule has 1 aliphatic heterocycles. The number of ether oxygens (including phenoxy) is 1. The molecule has 2 unspecified atom stereocenters. The van der Waals surface area contributed by atoms with Gasteiger partial charge in [0.15, 0.2) is 0 Å². The van der Waals surface area contributed by atoms with Crippen LogP contribution in [-0.2, 0) is 19.1 Å². The maximum absolute atomic E-state index is 12.8. The van der Waals surface area contributed by atoms with Crippen molar-refractivity contribution in [3.8, 4) is 0 Å². The van der Waals surface area contributed by atoms with Crippen LogP contribution < -0.4 is 10.6 Å². The highest BCUT2D eigenvalue weighted by Crippen LogP contribution is 2.31. The van der Waals surface area contributed by atoms with Gasteiger partial charge in [-0.2, -0.15) is 0 Å². The number of aliphatic hydroxyl groups is 1. The lowest BCUT2D eigenvalue weighted by Gasteiger charge is -2.32. The predicted molar refractivity (Wildman–Crippen MR) is 96.1 cm³/mol. The Balaban J connectivity index is 2.09. The molecule has 146 valence electrons. The first-order valence-corrected chi connectivity index (χ1v) is 9.47. The summed E-state index contributed by atoms with van der Waals surface area (Å²) in [5.41, 5.74) is -0.511. The number of nitrogens with one attached hydrogen (secondary N) is 2. The normalized spacial score (nSPS) is 24.9. The summed E-state index contributed by atoms with van der Waals surface area (Å²) in [6.07, 6.45) is 8.62. The van der Waals surface area contributed by atoms with Crippen LogP contribution in [0.5, 0.6) is 0 Å². The van der Waals surface area contributed by atoms with E-state index in [-0.39, 0.29) is 43.5 Å². The zero-order valence-electron chi connectivity index (χ0n) is 15.5. The lowest BCUT2D eigenvalue weighted by atomic mass is 9.93. The van der Waals surface area contributed by atoms with E-state index in [1.54, 1.807) is 6.92 Å². The van der Waals surface area contributed by atoms with Crippen molar-refractivity contribution in [3.63, 3.8) is 0 Å². The summed E-state index contributed by atoms with van der Waals surface area (Å²) in [6.45, 7) is 1.76. The Morgan fingerprint density at radius 3 is 2.81 bits per heavy atom. The van der Waals surface area contributed by atoms with Gasteiger partial charge in [0.05, 0.1) is 18.1 Å². The van der Waals surface area contributed by atoms with E-state index in [0.29, 0.717) is 19.3 Å². The van der Waals surface area contributed by atoms with Gasteiger partial charge >= 0.3 is 5.97 Å². The van der Waals surface area contributed by atoms with Crippen LogP contribution in [0.4, 0.5) is 0 Å². The molecule has 0 aromatic carbocycles. The molecule has 26 heavy (non-hydrogen) atoms. The summed E-state index contributed by atoms with van der Waals surface area (Å²) in [7, 11) is 0. The highest BCUT2D eigenvalue weighted by atomic mass is 16.5. The van der Waals surface area contributed by atoms with E-state index in [1.165, 1.54) is 0 Å². The molecule has 0 aromatic rings. The Bertz CT molecular complexity index is 540. The maximum atomic E-state index is 12.8. The fourth-order valence-corrected chi connectivity index (χ4v) is 3.48. The number of esters is 1. The predicted octanol–water partition coefficient (Wildman–Crippen LogP) is 1.20. The van der Waals surface area contributed by atoms with Crippen LogP contribution in [0.25, 0.3) is 0 Å². The van der Waals surface area contributed by atoms with E-state index in [1.807, 2.05) is 12.2 Å². The molecule has 0 bridgehead atoms. The molecule has 1 spiro atoms. The number of carbonyl (C=O) groups is 3. The van der Waals surface area contributed by atoms with E-state index in [4.69, 9.17) is 9.84 Å². The number of hydrogen-bond donors (Lipinski definition) is 3. The minimum atomic E-state index is -0.511. The van der Waals surface area contributed by atoms with E-state index < -0.39 is 11.5 Å². The monoisotopic (exact) mass is 366 g/mol. The summed E-state index contributed by atoms with van der Waals surface area (Å²) in [5, 5.41) is 14.8. The van der Waals surface area contributed by atoms with Gasteiger partial charge in [0, 0.05) is 18.9 Å². The number of carbonyl (C=O) groups excluding carboxylic acids is 3. The first-order valence-electron chi connectivity index (χ1n) is 9.47. The molecule has 2 rings (SSSR count). The van der Waals surface area contributed by atoms with Gasteiger partial charge in [0.1, 0.15) is 6.61 Å². The molecule has 1 saturated carbocycles. The second-order valence-electron chi connectivity index (χ2n) is 7.44. The van der Waals surface area contributed by atoms with E-state index in [9.17, 15) is 14.4 Å². The molecule has 0 saturated heterocycles. The fraction of sp³-hybridized carbons (Fsp3) is 0.737.